The smallest absolute Gasteiger partial charge is 0.307 e. The van der Waals surface area contributed by atoms with E-state index in [9.17, 15) is 9.90 Å². The van der Waals surface area contributed by atoms with Crippen LogP contribution in [0.15, 0.2) is 42.5 Å². The Morgan fingerprint density at radius 2 is 1.83 bits per heavy atom. The number of pyridine rings is 1. The zero-order valence-electron chi connectivity index (χ0n) is 33.0. The molecule has 2 bridgehead atoms. The minimum Gasteiger partial charge on any atom is -0.481 e. The van der Waals surface area contributed by atoms with Crippen LogP contribution in [0.2, 0.25) is 0 Å². The highest BCUT2D eigenvalue weighted by molar-refractivity contribution is 5.73. The molecule has 2 aliphatic heterocycles. The Kier molecular flexibility index (Phi) is 8.90. The molecule has 0 aromatic carbocycles. The van der Waals surface area contributed by atoms with E-state index in [4.69, 9.17) is 19.6 Å². The van der Waals surface area contributed by atoms with Gasteiger partial charge in [0, 0.05) is 34.8 Å². The standard InChI is InChI=1S/C43H63N5O4/c1-27(2)28(3)39(4)17-18-41(6)31-11-12-34-40(5)24-51-25-43(34,32(31)13-16-42(41,7)35(39)38(49)50)22-33(36(40)52-23-30-10-9-21-47(30)8)48-37(45-26-46-48)29-14-19-44-20-15-29/h13-15,19-20,26-28,30-31,33-36H,9-12,16-18,21-25H2,1-8H3,(H,49,50)/t28-,30-,31+,33-,34+,35-,36+,39-,40-,41-,42+,43+/m1/s1. The molecule has 12 atom stereocenters. The Labute approximate surface area is 311 Å². The van der Waals surface area contributed by atoms with Gasteiger partial charge in [0.2, 0.25) is 0 Å². The van der Waals surface area contributed by atoms with Crippen molar-refractivity contribution in [1.82, 2.24) is 24.6 Å². The maximum absolute atomic E-state index is 13.6. The molecule has 9 heteroatoms. The predicted molar refractivity (Wildman–Crippen MR) is 201 cm³/mol. The molecule has 4 aliphatic carbocycles. The number of rotatable bonds is 8. The van der Waals surface area contributed by atoms with Crippen molar-refractivity contribution in [2.45, 2.75) is 118 Å². The highest BCUT2D eigenvalue weighted by atomic mass is 16.5. The minimum atomic E-state index is -0.610. The predicted octanol–water partition coefficient (Wildman–Crippen LogP) is 7.95. The van der Waals surface area contributed by atoms with E-state index in [1.807, 2.05) is 24.5 Å². The summed E-state index contributed by atoms with van der Waals surface area (Å²) in [6, 6.07) is 4.44. The van der Waals surface area contributed by atoms with Crippen LogP contribution in [0.1, 0.15) is 106 Å². The molecule has 9 nitrogen and oxygen atoms in total. The number of carbonyl (C=O) groups is 1. The molecule has 284 valence electrons. The molecule has 0 spiro atoms. The fourth-order valence-corrected chi connectivity index (χ4v) is 13.7. The summed E-state index contributed by atoms with van der Waals surface area (Å²) in [5.41, 5.74) is 1.41. The molecule has 0 unspecified atom stereocenters. The van der Waals surface area contributed by atoms with E-state index < -0.39 is 11.9 Å². The van der Waals surface area contributed by atoms with Gasteiger partial charge < -0.3 is 19.5 Å². The average molecular weight is 714 g/mol. The molecule has 8 rings (SSSR count). The second kappa shape index (κ2) is 12.7. The second-order valence-electron chi connectivity index (χ2n) is 19.4. The van der Waals surface area contributed by atoms with E-state index in [-0.39, 0.29) is 39.2 Å². The number of hydrogen-bond donors (Lipinski definition) is 1. The number of ether oxygens (including phenoxy) is 2. The Balaban J connectivity index is 1.23. The van der Waals surface area contributed by atoms with Crippen molar-refractivity contribution in [2.24, 2.45) is 56.7 Å². The van der Waals surface area contributed by atoms with Gasteiger partial charge in [-0.25, -0.2) is 9.67 Å². The van der Waals surface area contributed by atoms with Crippen LogP contribution in [0.4, 0.5) is 0 Å². The van der Waals surface area contributed by atoms with Gasteiger partial charge in [-0.1, -0.05) is 60.1 Å². The van der Waals surface area contributed by atoms with E-state index in [0.29, 0.717) is 49.5 Å². The van der Waals surface area contributed by atoms with Crippen molar-refractivity contribution in [3.8, 4) is 11.4 Å². The first-order chi connectivity index (χ1) is 24.7. The van der Waals surface area contributed by atoms with Gasteiger partial charge in [-0.2, -0.15) is 5.10 Å². The van der Waals surface area contributed by atoms with E-state index in [1.54, 1.807) is 11.9 Å². The maximum Gasteiger partial charge on any atom is 0.307 e. The fraction of sp³-hybridized carbons (Fsp3) is 0.767. The highest BCUT2D eigenvalue weighted by Gasteiger charge is 2.72. The van der Waals surface area contributed by atoms with Gasteiger partial charge in [0.15, 0.2) is 5.82 Å². The largest absolute Gasteiger partial charge is 0.481 e. The summed E-state index contributed by atoms with van der Waals surface area (Å²) in [4.78, 5) is 25.1. The molecule has 1 N–H and O–H groups in total. The number of fused-ring (bicyclic) bond motifs is 3. The third-order valence-electron chi connectivity index (χ3n) is 17.1. The van der Waals surface area contributed by atoms with Crippen LogP contribution in [0, 0.1) is 56.7 Å². The molecule has 2 saturated heterocycles. The number of allylic oxidation sites excluding steroid dienone is 1. The summed E-state index contributed by atoms with van der Waals surface area (Å²) in [5.74, 6) is 1.31. The SMILES string of the molecule is CC(C)[C@@H](C)[C@@]1(C)CC[C@]2(C)[C@H]3CC[C@@H]4[C@@]5(COC[C@@]4(C)[C@@H](OC[C@H]4CCCN4C)[C@H](n4ncnc4-c4ccncc4)C5)C3=CC[C@@]2(C)[C@@H]1C(=O)O. The molecule has 3 saturated carbocycles. The van der Waals surface area contributed by atoms with E-state index in [0.717, 1.165) is 62.9 Å². The second-order valence-corrected chi connectivity index (χ2v) is 19.4. The number of aliphatic carboxylic acids is 1. The number of likely N-dealkylation sites (tertiary alicyclic amines) is 1. The normalized spacial score (nSPS) is 43.7. The van der Waals surface area contributed by atoms with Gasteiger partial charge in [-0.05, 0) is 117 Å². The Morgan fingerprint density at radius 3 is 2.52 bits per heavy atom. The molecule has 6 aliphatic rings. The van der Waals surface area contributed by atoms with Crippen LogP contribution in [-0.2, 0) is 14.3 Å². The molecule has 52 heavy (non-hydrogen) atoms. The Morgan fingerprint density at radius 1 is 1.06 bits per heavy atom. The Bertz CT molecular complexity index is 1690. The van der Waals surface area contributed by atoms with Crippen LogP contribution in [0.5, 0.6) is 0 Å². The van der Waals surface area contributed by atoms with E-state index >= 15 is 0 Å². The van der Waals surface area contributed by atoms with Crippen molar-refractivity contribution in [2.75, 3.05) is 33.4 Å². The van der Waals surface area contributed by atoms with Gasteiger partial charge in [0.05, 0.1) is 37.9 Å². The van der Waals surface area contributed by atoms with Gasteiger partial charge >= 0.3 is 5.97 Å². The number of aromatic nitrogens is 4. The van der Waals surface area contributed by atoms with E-state index in [1.165, 1.54) is 6.42 Å². The van der Waals surface area contributed by atoms with Gasteiger partial charge in [-0.3, -0.25) is 9.78 Å². The molecular formula is C43H63N5O4. The topological polar surface area (TPSA) is 103 Å². The average Bonchev–Trinajstić information content (AvgIpc) is 3.77. The lowest BCUT2D eigenvalue weighted by atomic mass is 9.34. The molecule has 2 aromatic heterocycles. The zero-order valence-corrected chi connectivity index (χ0v) is 33.0. The fourth-order valence-electron chi connectivity index (χ4n) is 13.7. The summed E-state index contributed by atoms with van der Waals surface area (Å²) in [7, 11) is 2.23. The Hall–Kier alpha value is -2.62. The van der Waals surface area contributed by atoms with E-state index in [2.05, 4.69) is 76.2 Å². The third kappa shape index (κ3) is 5.03. The molecular weight excluding hydrogens is 651 g/mol. The van der Waals surface area contributed by atoms with Crippen molar-refractivity contribution >= 4 is 5.97 Å². The highest BCUT2D eigenvalue weighted by Crippen LogP contribution is 2.75. The van der Waals surface area contributed by atoms with Crippen LogP contribution < -0.4 is 0 Å². The molecule has 0 radical (unpaired) electrons. The van der Waals surface area contributed by atoms with Gasteiger partial charge in [-0.15, -0.1) is 0 Å². The minimum absolute atomic E-state index is 0.0309. The third-order valence-corrected chi connectivity index (χ3v) is 17.1. The van der Waals surface area contributed by atoms with Crippen LogP contribution >= 0.6 is 0 Å². The summed E-state index contributed by atoms with van der Waals surface area (Å²) >= 11 is 0. The summed E-state index contributed by atoms with van der Waals surface area (Å²) in [6.07, 6.45) is 16.1. The van der Waals surface area contributed by atoms with Gasteiger partial charge in [0.1, 0.15) is 6.33 Å². The molecule has 2 aromatic rings. The summed E-state index contributed by atoms with van der Waals surface area (Å²) in [6.45, 7) is 19.6. The number of nitrogens with zero attached hydrogens (tertiary/aromatic N) is 5. The lowest BCUT2D eigenvalue weighted by molar-refractivity contribution is -0.251. The first-order valence-electron chi connectivity index (χ1n) is 20.3. The van der Waals surface area contributed by atoms with Gasteiger partial charge in [0.25, 0.3) is 0 Å². The summed E-state index contributed by atoms with van der Waals surface area (Å²) < 4.78 is 16.3. The van der Waals surface area contributed by atoms with Crippen LogP contribution in [0.3, 0.4) is 0 Å². The quantitative estimate of drug-likeness (QED) is 0.275. The van der Waals surface area contributed by atoms with Crippen molar-refractivity contribution in [3.05, 3.63) is 42.5 Å². The zero-order chi connectivity index (χ0) is 36.8. The number of likely N-dealkylation sites (N-methyl/N-ethyl adjacent to an activating group) is 1. The number of hydrogen-bond acceptors (Lipinski definition) is 7. The molecule has 0 amide bonds. The van der Waals surface area contributed by atoms with Crippen molar-refractivity contribution in [1.29, 1.82) is 0 Å². The number of carboxylic acid groups (broad SMARTS) is 1. The molecule has 5 fully saturated rings. The maximum atomic E-state index is 13.6. The van der Waals surface area contributed by atoms with Crippen LogP contribution in [0.25, 0.3) is 11.4 Å². The lowest BCUT2D eigenvalue weighted by Crippen LogP contribution is -2.69. The summed E-state index contributed by atoms with van der Waals surface area (Å²) in [5, 5.41) is 16.1. The molecule has 4 heterocycles. The van der Waals surface area contributed by atoms with Crippen LogP contribution in [-0.4, -0.2) is 81.3 Å². The van der Waals surface area contributed by atoms with Crippen molar-refractivity contribution in [3.63, 3.8) is 0 Å². The first kappa shape index (κ1) is 36.4. The van der Waals surface area contributed by atoms with Crippen molar-refractivity contribution < 1.29 is 19.4 Å². The lowest BCUT2D eigenvalue weighted by Gasteiger charge is -2.71. The monoisotopic (exact) mass is 713 g/mol. The number of carboxylic acids is 1. The first-order valence-corrected chi connectivity index (χ1v) is 20.3.